The van der Waals surface area contributed by atoms with E-state index in [0.29, 0.717) is 5.92 Å². The lowest BCUT2D eigenvalue weighted by Gasteiger charge is -2.17. The van der Waals surface area contributed by atoms with E-state index >= 15 is 0 Å². The van der Waals surface area contributed by atoms with Crippen molar-refractivity contribution in [1.29, 1.82) is 0 Å². The fourth-order valence-electron chi connectivity index (χ4n) is 2.75. The maximum atomic E-state index is 6.08. The second kappa shape index (κ2) is 5.08. The zero-order valence-electron chi connectivity index (χ0n) is 11.9. The number of para-hydroxylation sites is 1. The van der Waals surface area contributed by atoms with Crippen LogP contribution in [-0.2, 0) is 0 Å². The molecule has 0 amide bonds. The van der Waals surface area contributed by atoms with E-state index in [2.05, 4.69) is 19.1 Å². The highest BCUT2D eigenvalue weighted by atomic mass is 16.5. The molecule has 0 saturated heterocycles. The molecule has 3 rings (SSSR count). The molecule has 0 fully saturated rings. The molecular weight excluding hydrogens is 252 g/mol. The third-order valence-corrected chi connectivity index (χ3v) is 3.85. The van der Waals surface area contributed by atoms with Crippen molar-refractivity contribution in [3.63, 3.8) is 0 Å². The minimum atomic E-state index is 0.0206. The third kappa shape index (κ3) is 1.99. The monoisotopic (exact) mass is 270 g/mol. The van der Waals surface area contributed by atoms with E-state index in [9.17, 15) is 0 Å². The molecule has 2 aromatic carbocycles. The smallest absolute Gasteiger partial charge is 0.161 e. The van der Waals surface area contributed by atoms with Crippen LogP contribution in [0.4, 0.5) is 0 Å². The van der Waals surface area contributed by atoms with E-state index < -0.39 is 0 Å². The van der Waals surface area contributed by atoms with Gasteiger partial charge in [0.25, 0.3) is 0 Å². The second-order valence-corrected chi connectivity index (χ2v) is 4.98. The molecule has 0 N–H and O–H groups in total. The molecule has 104 valence electrons. The van der Waals surface area contributed by atoms with Gasteiger partial charge in [-0.05, 0) is 23.8 Å². The van der Waals surface area contributed by atoms with Crippen LogP contribution in [0, 0.1) is 0 Å². The predicted molar refractivity (Wildman–Crippen MR) is 77.8 cm³/mol. The van der Waals surface area contributed by atoms with E-state index in [1.165, 1.54) is 5.56 Å². The van der Waals surface area contributed by atoms with Gasteiger partial charge in [0.1, 0.15) is 11.9 Å². The third-order valence-electron chi connectivity index (χ3n) is 3.85. The topological polar surface area (TPSA) is 27.7 Å². The van der Waals surface area contributed by atoms with Gasteiger partial charge in [-0.15, -0.1) is 0 Å². The van der Waals surface area contributed by atoms with Crippen molar-refractivity contribution >= 4 is 0 Å². The molecule has 0 aliphatic carbocycles. The SMILES string of the molecule is COc1ccc([C@@H]2Oc3ccccc3[C@H]2C)cc1OC. The van der Waals surface area contributed by atoms with Gasteiger partial charge in [0.2, 0.25) is 0 Å². The molecule has 2 atom stereocenters. The van der Waals surface area contributed by atoms with Crippen LogP contribution in [0.15, 0.2) is 42.5 Å². The van der Waals surface area contributed by atoms with Crippen LogP contribution >= 0.6 is 0 Å². The fourth-order valence-corrected chi connectivity index (χ4v) is 2.75. The quantitative estimate of drug-likeness (QED) is 0.845. The number of hydrogen-bond donors (Lipinski definition) is 0. The van der Waals surface area contributed by atoms with Crippen LogP contribution in [-0.4, -0.2) is 14.2 Å². The molecule has 0 unspecified atom stereocenters. The summed E-state index contributed by atoms with van der Waals surface area (Å²) in [6.45, 7) is 2.19. The summed E-state index contributed by atoms with van der Waals surface area (Å²) in [6, 6.07) is 14.2. The molecule has 0 saturated carbocycles. The number of fused-ring (bicyclic) bond motifs is 1. The van der Waals surface area contributed by atoms with Crippen LogP contribution in [0.2, 0.25) is 0 Å². The average Bonchev–Trinajstić information content (AvgIpc) is 2.84. The van der Waals surface area contributed by atoms with Gasteiger partial charge in [-0.1, -0.05) is 31.2 Å². The molecule has 3 nitrogen and oxygen atoms in total. The number of benzene rings is 2. The molecular formula is C17H18O3. The first-order valence-corrected chi connectivity index (χ1v) is 6.72. The van der Waals surface area contributed by atoms with Crippen molar-refractivity contribution in [2.45, 2.75) is 18.9 Å². The maximum absolute atomic E-state index is 6.08. The number of hydrogen-bond acceptors (Lipinski definition) is 3. The summed E-state index contributed by atoms with van der Waals surface area (Å²) in [5.41, 5.74) is 2.36. The van der Waals surface area contributed by atoms with Gasteiger partial charge >= 0.3 is 0 Å². The van der Waals surface area contributed by atoms with Crippen LogP contribution < -0.4 is 14.2 Å². The first-order valence-electron chi connectivity index (χ1n) is 6.72. The first kappa shape index (κ1) is 12.9. The summed E-state index contributed by atoms with van der Waals surface area (Å²) in [7, 11) is 3.29. The highest BCUT2D eigenvalue weighted by Gasteiger charge is 2.32. The van der Waals surface area contributed by atoms with Crippen molar-refractivity contribution in [3.8, 4) is 17.2 Å². The van der Waals surface area contributed by atoms with Gasteiger partial charge in [-0.25, -0.2) is 0 Å². The van der Waals surface area contributed by atoms with Gasteiger partial charge in [0.05, 0.1) is 14.2 Å². The van der Waals surface area contributed by atoms with Gasteiger partial charge in [0.15, 0.2) is 11.5 Å². The van der Waals surface area contributed by atoms with E-state index in [1.807, 2.05) is 30.3 Å². The standard InChI is InChI=1S/C17H18O3/c1-11-13-6-4-5-7-14(13)20-17(11)12-8-9-15(18-2)16(10-12)19-3/h4-11,17H,1-3H3/t11-,17-/m1/s1. The van der Waals surface area contributed by atoms with Crippen molar-refractivity contribution in [3.05, 3.63) is 53.6 Å². The van der Waals surface area contributed by atoms with E-state index in [-0.39, 0.29) is 6.10 Å². The van der Waals surface area contributed by atoms with Crippen molar-refractivity contribution in [2.75, 3.05) is 14.2 Å². The Morgan fingerprint density at radius 1 is 0.950 bits per heavy atom. The van der Waals surface area contributed by atoms with Gasteiger partial charge in [-0.3, -0.25) is 0 Å². The largest absolute Gasteiger partial charge is 0.493 e. The number of ether oxygens (including phenoxy) is 3. The highest BCUT2D eigenvalue weighted by Crippen LogP contribution is 2.46. The summed E-state index contributed by atoms with van der Waals surface area (Å²) >= 11 is 0. The first-order chi connectivity index (χ1) is 9.74. The molecule has 20 heavy (non-hydrogen) atoms. The number of methoxy groups -OCH3 is 2. The molecule has 1 heterocycles. The van der Waals surface area contributed by atoms with Crippen molar-refractivity contribution in [2.24, 2.45) is 0 Å². The van der Waals surface area contributed by atoms with Crippen LogP contribution in [0.1, 0.15) is 30.1 Å². The molecule has 0 aromatic heterocycles. The minimum absolute atomic E-state index is 0.0206. The molecule has 0 spiro atoms. The maximum Gasteiger partial charge on any atom is 0.161 e. The Morgan fingerprint density at radius 3 is 2.40 bits per heavy atom. The normalized spacial score (nSPS) is 20.1. The zero-order chi connectivity index (χ0) is 14.1. The van der Waals surface area contributed by atoms with Crippen LogP contribution in [0.5, 0.6) is 17.2 Å². The molecule has 0 radical (unpaired) electrons. The predicted octanol–water partition coefficient (Wildman–Crippen LogP) is 3.94. The molecule has 0 bridgehead atoms. The number of rotatable bonds is 3. The Hall–Kier alpha value is -2.16. The zero-order valence-corrected chi connectivity index (χ0v) is 11.9. The van der Waals surface area contributed by atoms with Gasteiger partial charge in [-0.2, -0.15) is 0 Å². The fraction of sp³-hybridized carbons (Fsp3) is 0.294. The van der Waals surface area contributed by atoms with Crippen LogP contribution in [0.25, 0.3) is 0 Å². The summed E-state index contributed by atoms with van der Waals surface area (Å²) in [5.74, 6) is 2.76. The molecule has 2 aromatic rings. The summed E-state index contributed by atoms with van der Waals surface area (Å²) in [5, 5.41) is 0. The summed E-state index contributed by atoms with van der Waals surface area (Å²) in [6.07, 6.45) is 0.0206. The lowest BCUT2D eigenvalue weighted by Crippen LogP contribution is -2.07. The van der Waals surface area contributed by atoms with Crippen LogP contribution in [0.3, 0.4) is 0 Å². The lowest BCUT2D eigenvalue weighted by molar-refractivity contribution is 0.215. The Balaban J connectivity index is 1.96. The Kier molecular flexibility index (Phi) is 3.26. The lowest BCUT2D eigenvalue weighted by atomic mass is 9.93. The minimum Gasteiger partial charge on any atom is -0.493 e. The Bertz CT molecular complexity index is 621. The van der Waals surface area contributed by atoms with Crippen molar-refractivity contribution < 1.29 is 14.2 Å². The molecule has 1 aliphatic rings. The van der Waals surface area contributed by atoms with E-state index in [4.69, 9.17) is 14.2 Å². The van der Waals surface area contributed by atoms with Crippen molar-refractivity contribution in [1.82, 2.24) is 0 Å². The van der Waals surface area contributed by atoms with E-state index in [0.717, 1.165) is 22.8 Å². The summed E-state index contributed by atoms with van der Waals surface area (Å²) < 4.78 is 16.7. The molecule has 1 aliphatic heterocycles. The van der Waals surface area contributed by atoms with Gasteiger partial charge < -0.3 is 14.2 Å². The average molecular weight is 270 g/mol. The second-order valence-electron chi connectivity index (χ2n) is 4.98. The molecule has 3 heteroatoms. The Morgan fingerprint density at radius 2 is 1.70 bits per heavy atom. The highest BCUT2D eigenvalue weighted by molar-refractivity contribution is 5.47. The summed E-state index contributed by atoms with van der Waals surface area (Å²) in [4.78, 5) is 0. The Labute approximate surface area is 119 Å². The van der Waals surface area contributed by atoms with E-state index in [1.54, 1.807) is 14.2 Å². The van der Waals surface area contributed by atoms with Gasteiger partial charge in [0, 0.05) is 11.5 Å².